The molecule has 2 heterocycles. The maximum Gasteiger partial charge on any atom is 0.0221 e. The van der Waals surface area contributed by atoms with E-state index < -0.39 is 0 Å². The van der Waals surface area contributed by atoms with Crippen molar-refractivity contribution in [3.8, 4) is 0 Å². The van der Waals surface area contributed by atoms with Crippen molar-refractivity contribution in [3.63, 3.8) is 0 Å². The maximum atomic E-state index is 2.67. The molecule has 0 aromatic heterocycles. The first kappa shape index (κ1) is 14.3. The van der Waals surface area contributed by atoms with Gasteiger partial charge >= 0.3 is 0 Å². The van der Waals surface area contributed by atoms with Gasteiger partial charge in [0.1, 0.15) is 0 Å². The molecule has 2 aliphatic heterocycles. The highest BCUT2D eigenvalue weighted by molar-refractivity contribution is 4.85. The molecule has 18 heavy (non-hydrogen) atoms. The van der Waals surface area contributed by atoms with Gasteiger partial charge in [-0.1, -0.05) is 0 Å². The van der Waals surface area contributed by atoms with Crippen LogP contribution in [0.4, 0.5) is 0 Å². The first-order valence-electron chi connectivity index (χ1n) is 7.43. The summed E-state index contributed by atoms with van der Waals surface area (Å²) in [5.41, 5.74) is 0. The van der Waals surface area contributed by atoms with E-state index in [1.54, 1.807) is 0 Å². The highest BCUT2D eigenvalue weighted by Crippen LogP contribution is 2.14. The lowest BCUT2D eigenvalue weighted by Crippen LogP contribution is -2.57. The van der Waals surface area contributed by atoms with Gasteiger partial charge in [0.2, 0.25) is 0 Å². The van der Waals surface area contributed by atoms with Gasteiger partial charge < -0.3 is 9.80 Å². The number of piperazine rings is 2. The number of hydrogen-bond donors (Lipinski definition) is 0. The molecule has 0 unspecified atom stereocenters. The molecule has 0 aliphatic carbocycles. The summed E-state index contributed by atoms with van der Waals surface area (Å²) in [7, 11) is 4.46. The largest absolute Gasteiger partial charge is 0.304 e. The third kappa shape index (κ3) is 3.44. The minimum absolute atomic E-state index is 0.683. The van der Waals surface area contributed by atoms with Crippen LogP contribution in [-0.2, 0) is 0 Å². The van der Waals surface area contributed by atoms with Crippen molar-refractivity contribution in [2.75, 3.05) is 66.5 Å². The van der Waals surface area contributed by atoms with Gasteiger partial charge in [0, 0.05) is 64.4 Å². The van der Waals surface area contributed by atoms with Crippen molar-refractivity contribution in [2.45, 2.75) is 25.9 Å². The van der Waals surface area contributed by atoms with Crippen molar-refractivity contribution in [2.24, 2.45) is 0 Å². The second kappa shape index (κ2) is 6.33. The lowest BCUT2D eigenvalue weighted by atomic mass is 10.1. The summed E-state index contributed by atoms with van der Waals surface area (Å²) < 4.78 is 0. The van der Waals surface area contributed by atoms with E-state index in [2.05, 4.69) is 47.5 Å². The fraction of sp³-hybridized carbons (Fsp3) is 1.00. The van der Waals surface area contributed by atoms with Gasteiger partial charge in [-0.2, -0.15) is 0 Å². The Hall–Kier alpha value is -0.160. The van der Waals surface area contributed by atoms with E-state index in [0.29, 0.717) is 12.1 Å². The molecule has 2 saturated heterocycles. The predicted octanol–water partition coefficient (Wildman–Crippen LogP) is 0.258. The molecule has 106 valence electrons. The van der Waals surface area contributed by atoms with Crippen LogP contribution < -0.4 is 0 Å². The molecule has 0 aromatic rings. The number of hydrogen-bond acceptors (Lipinski definition) is 4. The molecule has 4 heteroatoms. The third-order valence-electron chi connectivity index (χ3n) is 4.93. The Balaban J connectivity index is 1.82. The van der Waals surface area contributed by atoms with Crippen molar-refractivity contribution >= 4 is 0 Å². The first-order valence-corrected chi connectivity index (χ1v) is 7.43. The standard InChI is InChI=1S/C14H30N4/c1-13(17-9-5-15(3)6-10-17)14(2)18-11-7-16(4)8-12-18/h13-14H,5-12H2,1-4H3/t13-,14+. The Kier molecular flexibility index (Phi) is 5.01. The lowest BCUT2D eigenvalue weighted by molar-refractivity contribution is 0.0400. The van der Waals surface area contributed by atoms with Gasteiger partial charge in [-0.05, 0) is 27.9 Å². The average Bonchev–Trinajstić information content (AvgIpc) is 2.39. The number of rotatable bonds is 3. The quantitative estimate of drug-likeness (QED) is 0.716. The van der Waals surface area contributed by atoms with Gasteiger partial charge in [0.15, 0.2) is 0 Å². The lowest BCUT2D eigenvalue weighted by Gasteiger charge is -2.44. The van der Waals surface area contributed by atoms with Crippen molar-refractivity contribution in [1.82, 2.24) is 19.6 Å². The minimum atomic E-state index is 0.683. The van der Waals surface area contributed by atoms with Gasteiger partial charge in [-0.3, -0.25) is 9.80 Å². The van der Waals surface area contributed by atoms with Gasteiger partial charge in [-0.25, -0.2) is 0 Å². The molecule has 0 N–H and O–H groups in total. The van der Waals surface area contributed by atoms with Crippen LogP contribution in [0.3, 0.4) is 0 Å². The third-order valence-corrected chi connectivity index (χ3v) is 4.93. The normalized spacial score (nSPS) is 29.3. The molecule has 0 spiro atoms. The fourth-order valence-corrected chi connectivity index (χ4v) is 3.07. The number of nitrogens with zero attached hydrogens (tertiary/aromatic N) is 4. The van der Waals surface area contributed by atoms with Crippen LogP contribution in [0.5, 0.6) is 0 Å². The minimum Gasteiger partial charge on any atom is -0.304 e. The Labute approximate surface area is 113 Å². The molecule has 4 nitrogen and oxygen atoms in total. The monoisotopic (exact) mass is 254 g/mol. The van der Waals surface area contributed by atoms with Gasteiger partial charge in [0.05, 0.1) is 0 Å². The first-order chi connectivity index (χ1) is 8.58. The average molecular weight is 254 g/mol. The summed E-state index contributed by atoms with van der Waals surface area (Å²) in [6.07, 6.45) is 0. The van der Waals surface area contributed by atoms with Crippen molar-refractivity contribution < 1.29 is 0 Å². The molecule has 0 saturated carbocycles. The van der Waals surface area contributed by atoms with E-state index in [1.807, 2.05) is 0 Å². The van der Waals surface area contributed by atoms with Crippen LogP contribution in [-0.4, -0.2) is 98.1 Å². The molecule has 0 aromatic carbocycles. The Morgan fingerprint density at radius 2 is 0.833 bits per heavy atom. The van der Waals surface area contributed by atoms with E-state index in [1.165, 1.54) is 52.4 Å². The summed E-state index contributed by atoms with van der Waals surface area (Å²) >= 11 is 0. The Morgan fingerprint density at radius 3 is 1.11 bits per heavy atom. The van der Waals surface area contributed by atoms with E-state index >= 15 is 0 Å². The highest BCUT2D eigenvalue weighted by Gasteiger charge is 2.28. The maximum absolute atomic E-state index is 2.67. The molecule has 2 fully saturated rings. The van der Waals surface area contributed by atoms with Crippen LogP contribution in [0, 0.1) is 0 Å². The second-order valence-corrected chi connectivity index (χ2v) is 6.16. The SMILES string of the molecule is C[C@H]([C@H](C)N1CCN(C)CC1)N1CCN(C)CC1. The zero-order valence-corrected chi connectivity index (χ0v) is 12.6. The molecule has 0 amide bonds. The highest BCUT2D eigenvalue weighted by atomic mass is 15.3. The number of likely N-dealkylation sites (N-methyl/N-ethyl adjacent to an activating group) is 2. The Bertz CT molecular complexity index is 216. The van der Waals surface area contributed by atoms with E-state index in [0.717, 1.165) is 0 Å². The van der Waals surface area contributed by atoms with E-state index in [9.17, 15) is 0 Å². The molecule has 2 atom stereocenters. The van der Waals surface area contributed by atoms with Gasteiger partial charge in [-0.15, -0.1) is 0 Å². The molecule has 2 aliphatic rings. The molecular weight excluding hydrogens is 224 g/mol. The summed E-state index contributed by atoms with van der Waals surface area (Å²) in [6, 6.07) is 1.37. The van der Waals surface area contributed by atoms with Gasteiger partial charge in [0.25, 0.3) is 0 Å². The summed E-state index contributed by atoms with van der Waals surface area (Å²) in [6.45, 7) is 14.6. The summed E-state index contributed by atoms with van der Waals surface area (Å²) in [4.78, 5) is 10.2. The van der Waals surface area contributed by atoms with Crippen LogP contribution in [0.15, 0.2) is 0 Å². The van der Waals surface area contributed by atoms with Crippen LogP contribution in [0.2, 0.25) is 0 Å². The second-order valence-electron chi connectivity index (χ2n) is 6.16. The van der Waals surface area contributed by atoms with E-state index in [-0.39, 0.29) is 0 Å². The van der Waals surface area contributed by atoms with Crippen LogP contribution in [0.1, 0.15) is 13.8 Å². The van der Waals surface area contributed by atoms with Crippen molar-refractivity contribution in [3.05, 3.63) is 0 Å². The smallest absolute Gasteiger partial charge is 0.0221 e. The molecule has 0 radical (unpaired) electrons. The predicted molar refractivity (Wildman–Crippen MR) is 77.1 cm³/mol. The molecule has 2 rings (SSSR count). The van der Waals surface area contributed by atoms with Crippen molar-refractivity contribution in [1.29, 1.82) is 0 Å². The Morgan fingerprint density at radius 1 is 0.556 bits per heavy atom. The summed E-state index contributed by atoms with van der Waals surface area (Å²) in [5, 5.41) is 0. The van der Waals surface area contributed by atoms with E-state index in [4.69, 9.17) is 0 Å². The topological polar surface area (TPSA) is 13.0 Å². The zero-order valence-electron chi connectivity index (χ0n) is 12.6. The summed E-state index contributed by atoms with van der Waals surface area (Å²) in [5.74, 6) is 0. The zero-order chi connectivity index (χ0) is 13.1. The van der Waals surface area contributed by atoms with Crippen LogP contribution >= 0.6 is 0 Å². The fourth-order valence-electron chi connectivity index (χ4n) is 3.07. The molecule has 0 bridgehead atoms. The van der Waals surface area contributed by atoms with Crippen LogP contribution in [0.25, 0.3) is 0 Å². The molecular formula is C14H30N4.